The molecule has 0 bridgehead atoms. The fourth-order valence-electron chi connectivity index (χ4n) is 2.73. The largest absolute Gasteiger partial charge is 0.385 e. The van der Waals surface area contributed by atoms with Crippen molar-refractivity contribution in [2.24, 2.45) is 10.8 Å². The summed E-state index contributed by atoms with van der Waals surface area (Å²) in [6.07, 6.45) is 0. The van der Waals surface area contributed by atoms with Gasteiger partial charge in [0.15, 0.2) is 0 Å². The van der Waals surface area contributed by atoms with Gasteiger partial charge < -0.3 is 10.6 Å². The van der Waals surface area contributed by atoms with Crippen LogP contribution in [0.5, 0.6) is 0 Å². The van der Waals surface area contributed by atoms with Gasteiger partial charge in [-0.1, -0.05) is 33.8 Å². The van der Waals surface area contributed by atoms with Gasteiger partial charge in [-0.05, 0) is 23.0 Å². The molecule has 1 aliphatic rings. The summed E-state index contributed by atoms with van der Waals surface area (Å²) in [5.41, 5.74) is 0.725. The predicted molar refractivity (Wildman–Crippen MR) is 74.8 cm³/mol. The number of carbonyl (C=O) groups is 1. The Bertz CT molecular complexity index is 509. The average molecular weight is 264 g/mol. The molecule has 1 aliphatic carbocycles. The van der Waals surface area contributed by atoms with E-state index in [1.54, 1.807) is 19.2 Å². The molecule has 0 spiro atoms. The van der Waals surface area contributed by atoms with Crippen molar-refractivity contribution < 1.29 is 9.18 Å². The second kappa shape index (κ2) is 4.22. The summed E-state index contributed by atoms with van der Waals surface area (Å²) in [7, 11) is 1.61. The standard InChI is InChI=1S/C15H21FN2O/c1-14(2)13(15(14,3)4)18-12(19)9-7-6-8-10(16)11(9)17-5/h6-8,13,17H,1-5H3,(H,18,19). The summed E-state index contributed by atoms with van der Waals surface area (Å²) in [4.78, 5) is 12.3. The van der Waals surface area contributed by atoms with Gasteiger partial charge in [-0.15, -0.1) is 0 Å². The molecule has 1 fully saturated rings. The van der Waals surface area contributed by atoms with E-state index in [1.807, 2.05) is 0 Å². The van der Waals surface area contributed by atoms with Gasteiger partial charge in [0.2, 0.25) is 0 Å². The monoisotopic (exact) mass is 264 g/mol. The van der Waals surface area contributed by atoms with Crippen LogP contribution in [0.1, 0.15) is 38.1 Å². The Morgan fingerprint density at radius 1 is 1.21 bits per heavy atom. The molecule has 19 heavy (non-hydrogen) atoms. The molecule has 2 rings (SSSR count). The summed E-state index contributed by atoms with van der Waals surface area (Å²) >= 11 is 0. The summed E-state index contributed by atoms with van der Waals surface area (Å²) in [5.74, 6) is -0.642. The average Bonchev–Trinajstić information content (AvgIpc) is 2.71. The van der Waals surface area contributed by atoms with Crippen LogP contribution in [0.25, 0.3) is 0 Å². The van der Waals surface area contributed by atoms with E-state index in [-0.39, 0.29) is 28.5 Å². The third-order valence-electron chi connectivity index (χ3n) is 4.80. The number of hydrogen-bond donors (Lipinski definition) is 2. The molecule has 0 heterocycles. The smallest absolute Gasteiger partial charge is 0.253 e. The zero-order valence-electron chi connectivity index (χ0n) is 12.1. The van der Waals surface area contributed by atoms with Crippen LogP contribution in [-0.2, 0) is 0 Å². The highest BCUT2D eigenvalue weighted by atomic mass is 19.1. The van der Waals surface area contributed by atoms with Crippen LogP contribution in [0.15, 0.2) is 18.2 Å². The summed E-state index contributed by atoms with van der Waals surface area (Å²) in [6, 6.07) is 4.63. The molecule has 104 valence electrons. The number of anilines is 1. The first-order valence-electron chi connectivity index (χ1n) is 6.50. The van der Waals surface area contributed by atoms with E-state index in [0.717, 1.165) is 0 Å². The third kappa shape index (κ3) is 1.99. The quantitative estimate of drug-likeness (QED) is 0.881. The number of rotatable bonds is 3. The van der Waals surface area contributed by atoms with Crippen LogP contribution in [-0.4, -0.2) is 19.0 Å². The van der Waals surface area contributed by atoms with Crippen LogP contribution >= 0.6 is 0 Å². The van der Waals surface area contributed by atoms with Gasteiger partial charge in [0.25, 0.3) is 5.91 Å². The van der Waals surface area contributed by atoms with Crippen LogP contribution in [0.4, 0.5) is 10.1 Å². The molecule has 0 atom stereocenters. The van der Waals surface area contributed by atoms with E-state index in [9.17, 15) is 9.18 Å². The second-order valence-electron chi connectivity index (χ2n) is 6.26. The molecule has 0 aliphatic heterocycles. The molecule has 1 amide bonds. The van der Waals surface area contributed by atoms with Gasteiger partial charge in [0, 0.05) is 13.1 Å². The number of halogens is 1. The molecule has 3 nitrogen and oxygen atoms in total. The third-order valence-corrected chi connectivity index (χ3v) is 4.80. The molecule has 1 saturated carbocycles. The Labute approximate surface area is 113 Å². The molecule has 1 aromatic carbocycles. The highest BCUT2D eigenvalue weighted by Gasteiger charge is 2.65. The maximum absolute atomic E-state index is 13.6. The Kier molecular flexibility index (Phi) is 3.07. The molecule has 4 heteroatoms. The molecule has 0 aromatic heterocycles. The van der Waals surface area contributed by atoms with Crippen LogP contribution in [0, 0.1) is 16.6 Å². The number of para-hydroxylation sites is 1. The summed E-state index contributed by atoms with van der Waals surface area (Å²) in [5, 5.41) is 5.75. The van der Waals surface area contributed by atoms with E-state index in [1.165, 1.54) is 6.07 Å². The minimum absolute atomic E-state index is 0.0653. The van der Waals surface area contributed by atoms with Crippen molar-refractivity contribution in [2.75, 3.05) is 12.4 Å². The number of nitrogens with one attached hydrogen (secondary N) is 2. The van der Waals surface area contributed by atoms with E-state index in [4.69, 9.17) is 0 Å². The second-order valence-corrected chi connectivity index (χ2v) is 6.26. The molecule has 0 unspecified atom stereocenters. The van der Waals surface area contributed by atoms with E-state index < -0.39 is 5.82 Å². The van der Waals surface area contributed by atoms with Crippen LogP contribution in [0.3, 0.4) is 0 Å². The van der Waals surface area contributed by atoms with Gasteiger partial charge in [-0.3, -0.25) is 4.79 Å². The fourth-order valence-corrected chi connectivity index (χ4v) is 2.73. The molecule has 1 aromatic rings. The van der Waals surface area contributed by atoms with Crippen LogP contribution in [0.2, 0.25) is 0 Å². The fraction of sp³-hybridized carbons (Fsp3) is 0.533. The van der Waals surface area contributed by atoms with Crippen molar-refractivity contribution in [1.29, 1.82) is 0 Å². The Hall–Kier alpha value is -1.58. The van der Waals surface area contributed by atoms with Gasteiger partial charge in [0.05, 0.1) is 11.3 Å². The first-order chi connectivity index (χ1) is 8.73. The van der Waals surface area contributed by atoms with Gasteiger partial charge >= 0.3 is 0 Å². The normalized spacial score (nSPS) is 19.9. The lowest BCUT2D eigenvalue weighted by molar-refractivity contribution is 0.0944. The molecular weight excluding hydrogens is 243 g/mol. The summed E-state index contributed by atoms with van der Waals surface area (Å²) in [6.45, 7) is 8.51. The SMILES string of the molecule is CNc1c(F)cccc1C(=O)NC1C(C)(C)C1(C)C. The maximum Gasteiger partial charge on any atom is 0.253 e. The highest BCUT2D eigenvalue weighted by Crippen LogP contribution is 2.62. The van der Waals surface area contributed by atoms with Crippen molar-refractivity contribution in [3.8, 4) is 0 Å². The zero-order valence-corrected chi connectivity index (χ0v) is 12.1. The van der Waals surface area contributed by atoms with Crippen LogP contribution < -0.4 is 10.6 Å². The Morgan fingerprint density at radius 2 is 1.79 bits per heavy atom. The van der Waals surface area contributed by atoms with E-state index >= 15 is 0 Å². The van der Waals surface area contributed by atoms with Gasteiger partial charge in [-0.2, -0.15) is 0 Å². The van der Waals surface area contributed by atoms with Crippen molar-refractivity contribution in [2.45, 2.75) is 33.7 Å². The minimum Gasteiger partial charge on any atom is -0.385 e. The van der Waals surface area contributed by atoms with Crippen molar-refractivity contribution in [3.05, 3.63) is 29.6 Å². The number of hydrogen-bond acceptors (Lipinski definition) is 2. The van der Waals surface area contributed by atoms with Gasteiger partial charge in [-0.25, -0.2) is 4.39 Å². The predicted octanol–water partition coefficient (Wildman–Crippen LogP) is 3.03. The number of benzene rings is 1. The lowest BCUT2D eigenvalue weighted by atomic mass is 10.0. The molecule has 2 N–H and O–H groups in total. The topological polar surface area (TPSA) is 41.1 Å². The lowest BCUT2D eigenvalue weighted by Crippen LogP contribution is -2.30. The minimum atomic E-state index is -0.413. The van der Waals surface area contributed by atoms with E-state index in [0.29, 0.717) is 5.56 Å². The lowest BCUT2D eigenvalue weighted by Gasteiger charge is -2.11. The molecule has 0 saturated heterocycles. The molecule has 0 radical (unpaired) electrons. The highest BCUT2D eigenvalue weighted by molar-refractivity contribution is 6.00. The first-order valence-corrected chi connectivity index (χ1v) is 6.50. The number of amides is 1. The zero-order chi connectivity index (χ0) is 14.4. The number of carbonyl (C=O) groups excluding carboxylic acids is 1. The summed E-state index contributed by atoms with van der Waals surface area (Å²) < 4.78 is 13.6. The Balaban J connectivity index is 2.21. The first kappa shape index (κ1) is 13.8. The maximum atomic E-state index is 13.6. The molecular formula is C15H21FN2O. The van der Waals surface area contributed by atoms with Gasteiger partial charge in [0.1, 0.15) is 5.82 Å². The van der Waals surface area contributed by atoms with Crippen molar-refractivity contribution in [1.82, 2.24) is 5.32 Å². The van der Waals surface area contributed by atoms with Crippen molar-refractivity contribution in [3.63, 3.8) is 0 Å². The Morgan fingerprint density at radius 3 is 2.26 bits per heavy atom. The van der Waals surface area contributed by atoms with Crippen molar-refractivity contribution >= 4 is 11.6 Å². The van der Waals surface area contributed by atoms with E-state index in [2.05, 4.69) is 38.3 Å².